The van der Waals surface area contributed by atoms with E-state index in [0.29, 0.717) is 13.0 Å². The normalized spacial score (nSPS) is 11.0. The van der Waals surface area contributed by atoms with Gasteiger partial charge in [-0.15, -0.1) is 0 Å². The SMILES string of the molecule is CCCCCCCCCCCOC(=O)CCCCN(C)C. The highest BCUT2D eigenvalue weighted by molar-refractivity contribution is 5.69. The number of unbranched alkanes of at least 4 members (excludes halogenated alkanes) is 9. The molecule has 0 amide bonds. The van der Waals surface area contributed by atoms with E-state index in [2.05, 4.69) is 25.9 Å². The van der Waals surface area contributed by atoms with Gasteiger partial charge in [0.15, 0.2) is 0 Å². The van der Waals surface area contributed by atoms with Crippen molar-refractivity contribution < 1.29 is 9.53 Å². The van der Waals surface area contributed by atoms with E-state index < -0.39 is 0 Å². The van der Waals surface area contributed by atoms with Crippen LogP contribution in [0.25, 0.3) is 0 Å². The Morgan fingerprint density at radius 2 is 1.38 bits per heavy atom. The van der Waals surface area contributed by atoms with Gasteiger partial charge in [-0.3, -0.25) is 4.79 Å². The predicted octanol–water partition coefficient (Wildman–Crippen LogP) is 4.79. The van der Waals surface area contributed by atoms with E-state index in [1.54, 1.807) is 0 Å². The van der Waals surface area contributed by atoms with Crippen molar-refractivity contribution in [2.45, 2.75) is 84.0 Å². The second-order valence-electron chi connectivity index (χ2n) is 6.31. The van der Waals surface area contributed by atoms with Crippen molar-refractivity contribution in [1.29, 1.82) is 0 Å². The molecule has 3 heteroatoms. The summed E-state index contributed by atoms with van der Waals surface area (Å²) >= 11 is 0. The molecule has 0 bridgehead atoms. The second kappa shape index (κ2) is 15.8. The highest BCUT2D eigenvalue weighted by atomic mass is 16.5. The molecule has 0 aliphatic rings. The van der Waals surface area contributed by atoms with E-state index in [0.717, 1.165) is 25.8 Å². The minimum atomic E-state index is -0.0201. The van der Waals surface area contributed by atoms with Crippen LogP contribution in [0, 0.1) is 0 Å². The topological polar surface area (TPSA) is 29.5 Å². The molecule has 0 unspecified atom stereocenters. The van der Waals surface area contributed by atoms with Crippen LogP contribution in [0.4, 0.5) is 0 Å². The molecule has 0 aromatic carbocycles. The number of ether oxygens (including phenoxy) is 1. The van der Waals surface area contributed by atoms with Crippen molar-refractivity contribution >= 4 is 5.97 Å². The first-order chi connectivity index (χ1) is 10.2. The summed E-state index contributed by atoms with van der Waals surface area (Å²) in [5.41, 5.74) is 0. The highest BCUT2D eigenvalue weighted by Gasteiger charge is 2.02. The van der Waals surface area contributed by atoms with Crippen molar-refractivity contribution in [3.05, 3.63) is 0 Å². The summed E-state index contributed by atoms with van der Waals surface area (Å²) in [6, 6.07) is 0. The molecule has 21 heavy (non-hydrogen) atoms. The van der Waals surface area contributed by atoms with Crippen LogP contribution in [-0.2, 0) is 9.53 Å². The Balaban J connectivity index is 3.14. The number of rotatable bonds is 15. The third-order valence-electron chi connectivity index (χ3n) is 3.75. The molecule has 0 aromatic heterocycles. The molecule has 0 aliphatic carbocycles. The first-order valence-electron chi connectivity index (χ1n) is 8.97. The monoisotopic (exact) mass is 299 g/mol. The Morgan fingerprint density at radius 3 is 1.95 bits per heavy atom. The lowest BCUT2D eigenvalue weighted by molar-refractivity contribution is -0.143. The molecule has 0 N–H and O–H groups in total. The quantitative estimate of drug-likeness (QED) is 0.321. The van der Waals surface area contributed by atoms with Crippen molar-refractivity contribution in [2.24, 2.45) is 0 Å². The zero-order valence-electron chi connectivity index (χ0n) is 14.7. The van der Waals surface area contributed by atoms with Gasteiger partial charge >= 0.3 is 5.97 Å². The number of nitrogens with zero attached hydrogens (tertiary/aromatic N) is 1. The lowest BCUT2D eigenvalue weighted by Gasteiger charge is -2.08. The minimum Gasteiger partial charge on any atom is -0.466 e. The average molecular weight is 299 g/mol. The molecule has 0 aliphatic heterocycles. The lowest BCUT2D eigenvalue weighted by Crippen LogP contribution is -2.13. The standard InChI is InChI=1S/C18H37NO2/c1-4-5-6-7-8-9-10-11-14-17-21-18(20)15-12-13-16-19(2)3/h4-17H2,1-3H3. The van der Waals surface area contributed by atoms with Gasteiger partial charge in [0.05, 0.1) is 6.61 Å². The van der Waals surface area contributed by atoms with Crippen LogP contribution in [0.2, 0.25) is 0 Å². The van der Waals surface area contributed by atoms with E-state index in [1.807, 2.05) is 0 Å². The fourth-order valence-electron chi connectivity index (χ4n) is 2.37. The summed E-state index contributed by atoms with van der Waals surface area (Å²) in [5, 5.41) is 0. The summed E-state index contributed by atoms with van der Waals surface area (Å²) in [5.74, 6) is -0.0201. The van der Waals surface area contributed by atoms with Crippen LogP contribution in [0.3, 0.4) is 0 Å². The van der Waals surface area contributed by atoms with Gasteiger partial charge in [0.2, 0.25) is 0 Å². The lowest BCUT2D eigenvalue weighted by atomic mass is 10.1. The molecule has 0 atom stereocenters. The molecule has 0 fully saturated rings. The molecule has 0 aromatic rings. The summed E-state index contributed by atoms with van der Waals surface area (Å²) in [7, 11) is 4.12. The van der Waals surface area contributed by atoms with Crippen LogP contribution >= 0.6 is 0 Å². The first kappa shape index (κ1) is 20.4. The van der Waals surface area contributed by atoms with Crippen molar-refractivity contribution in [1.82, 2.24) is 4.90 Å². The van der Waals surface area contributed by atoms with E-state index >= 15 is 0 Å². The van der Waals surface area contributed by atoms with E-state index in [1.165, 1.54) is 51.4 Å². The highest BCUT2D eigenvalue weighted by Crippen LogP contribution is 2.09. The second-order valence-corrected chi connectivity index (χ2v) is 6.31. The molecule has 0 heterocycles. The van der Waals surface area contributed by atoms with Gasteiger partial charge in [-0.2, -0.15) is 0 Å². The van der Waals surface area contributed by atoms with Gasteiger partial charge in [-0.1, -0.05) is 58.3 Å². The van der Waals surface area contributed by atoms with Gasteiger partial charge in [-0.05, 0) is 39.9 Å². The van der Waals surface area contributed by atoms with E-state index in [4.69, 9.17) is 4.74 Å². The smallest absolute Gasteiger partial charge is 0.305 e. The Labute approximate surface area is 132 Å². The van der Waals surface area contributed by atoms with E-state index in [9.17, 15) is 4.79 Å². The molecule has 3 nitrogen and oxygen atoms in total. The number of carbonyl (C=O) groups is 1. The van der Waals surface area contributed by atoms with Crippen LogP contribution in [0.1, 0.15) is 84.0 Å². The predicted molar refractivity (Wildman–Crippen MR) is 90.6 cm³/mol. The number of hydrogen-bond acceptors (Lipinski definition) is 3. The Morgan fingerprint density at radius 1 is 0.810 bits per heavy atom. The molecular formula is C18H37NO2. The van der Waals surface area contributed by atoms with Gasteiger partial charge in [-0.25, -0.2) is 0 Å². The largest absolute Gasteiger partial charge is 0.466 e. The van der Waals surface area contributed by atoms with Gasteiger partial charge in [0, 0.05) is 6.42 Å². The Bertz CT molecular complexity index is 229. The molecule has 0 spiro atoms. The van der Waals surface area contributed by atoms with Crippen LogP contribution in [0.5, 0.6) is 0 Å². The molecule has 0 rings (SSSR count). The van der Waals surface area contributed by atoms with Crippen LogP contribution in [-0.4, -0.2) is 38.1 Å². The number of esters is 1. The molecular weight excluding hydrogens is 262 g/mol. The van der Waals surface area contributed by atoms with Gasteiger partial charge < -0.3 is 9.64 Å². The van der Waals surface area contributed by atoms with E-state index in [-0.39, 0.29) is 5.97 Å². The maximum Gasteiger partial charge on any atom is 0.305 e. The Kier molecular flexibility index (Phi) is 15.4. The fourth-order valence-corrected chi connectivity index (χ4v) is 2.37. The number of hydrogen-bond donors (Lipinski definition) is 0. The molecule has 0 saturated carbocycles. The van der Waals surface area contributed by atoms with Crippen LogP contribution < -0.4 is 0 Å². The fraction of sp³-hybridized carbons (Fsp3) is 0.944. The van der Waals surface area contributed by atoms with Crippen molar-refractivity contribution in [3.63, 3.8) is 0 Å². The zero-order valence-corrected chi connectivity index (χ0v) is 14.7. The van der Waals surface area contributed by atoms with Crippen molar-refractivity contribution in [2.75, 3.05) is 27.2 Å². The first-order valence-corrected chi connectivity index (χ1v) is 8.97. The summed E-state index contributed by atoms with van der Waals surface area (Å²) in [4.78, 5) is 13.6. The molecule has 0 saturated heterocycles. The van der Waals surface area contributed by atoms with Gasteiger partial charge in [0.25, 0.3) is 0 Å². The molecule has 126 valence electrons. The van der Waals surface area contributed by atoms with Crippen LogP contribution in [0.15, 0.2) is 0 Å². The minimum absolute atomic E-state index is 0.0201. The maximum atomic E-state index is 11.5. The maximum absolute atomic E-state index is 11.5. The average Bonchev–Trinajstić information content (AvgIpc) is 2.45. The number of carbonyl (C=O) groups excluding carboxylic acids is 1. The van der Waals surface area contributed by atoms with Crippen molar-refractivity contribution in [3.8, 4) is 0 Å². The summed E-state index contributed by atoms with van der Waals surface area (Å²) in [6.45, 7) is 3.91. The summed E-state index contributed by atoms with van der Waals surface area (Å²) in [6.07, 6.45) is 14.3. The molecule has 0 radical (unpaired) electrons. The third-order valence-corrected chi connectivity index (χ3v) is 3.75. The third kappa shape index (κ3) is 17.4. The Hall–Kier alpha value is -0.570. The summed E-state index contributed by atoms with van der Waals surface area (Å²) < 4.78 is 5.26. The zero-order chi connectivity index (χ0) is 15.8. The van der Waals surface area contributed by atoms with Gasteiger partial charge in [0.1, 0.15) is 0 Å².